The van der Waals surface area contributed by atoms with E-state index in [2.05, 4.69) is 18.6 Å². The molecule has 2 rings (SSSR count). The van der Waals surface area contributed by atoms with E-state index in [0.717, 1.165) is 38.5 Å². The first-order chi connectivity index (χ1) is 15.5. The second-order valence-corrected chi connectivity index (χ2v) is 9.16. The van der Waals surface area contributed by atoms with E-state index in [1.54, 1.807) is 24.3 Å². The molecule has 0 unspecified atom stereocenters. The Kier molecular flexibility index (Phi) is 10.1. The number of hydrogen-bond donors (Lipinski definition) is 0. The highest BCUT2D eigenvalue weighted by atomic mass is 32.2. The zero-order valence-electron chi connectivity index (χ0n) is 18.6. The predicted molar refractivity (Wildman–Crippen MR) is 123 cm³/mol. The van der Waals surface area contributed by atoms with E-state index >= 15 is 0 Å². The van der Waals surface area contributed by atoms with Crippen LogP contribution in [0.2, 0.25) is 0 Å². The molecule has 172 valence electrons. The first-order valence-corrected chi connectivity index (χ1v) is 12.4. The topological polar surface area (TPSA) is 106 Å². The van der Waals surface area contributed by atoms with Gasteiger partial charge in [-0.15, -0.1) is 4.79 Å². The van der Waals surface area contributed by atoms with Gasteiger partial charge in [-0.25, -0.2) is 8.42 Å². The number of ether oxygens (including phenoxy) is 2. The van der Waals surface area contributed by atoms with Crippen LogP contribution in [0, 0.1) is 0 Å². The van der Waals surface area contributed by atoms with Gasteiger partial charge in [-0.2, -0.15) is 0 Å². The Balaban J connectivity index is 2.41. The number of benzene rings is 2. The molecule has 8 heteroatoms. The van der Waals surface area contributed by atoms with E-state index in [1.807, 2.05) is 0 Å². The molecule has 0 saturated carbocycles. The summed E-state index contributed by atoms with van der Waals surface area (Å²) in [5.74, 6) is -0.478. The van der Waals surface area contributed by atoms with Crippen LogP contribution in [0.4, 0.5) is 0 Å². The Labute approximate surface area is 189 Å². The van der Waals surface area contributed by atoms with E-state index < -0.39 is 20.7 Å². The number of hydrogen-bond acceptors (Lipinski definition) is 5. The third-order valence-corrected chi connectivity index (χ3v) is 6.48. The zero-order valence-corrected chi connectivity index (χ0v) is 19.4. The molecule has 32 heavy (non-hydrogen) atoms. The molecule has 0 heterocycles. The SMILES string of the molecule is CCCCCOc1ccc(OCCCCC)c(S(=O)(=O)C(=[N+]=[N-])C(=O)c2ccccc2)c1. The summed E-state index contributed by atoms with van der Waals surface area (Å²) in [5, 5.41) is -0.967. The lowest BCUT2D eigenvalue weighted by atomic mass is 10.1. The van der Waals surface area contributed by atoms with E-state index in [1.165, 1.54) is 24.3 Å². The highest BCUT2D eigenvalue weighted by Gasteiger charge is 2.40. The van der Waals surface area contributed by atoms with Gasteiger partial charge in [0.2, 0.25) is 0 Å². The van der Waals surface area contributed by atoms with Crippen molar-refractivity contribution in [1.29, 1.82) is 0 Å². The minimum atomic E-state index is -4.48. The van der Waals surface area contributed by atoms with Crippen LogP contribution in [0.15, 0.2) is 53.4 Å². The molecule has 0 aromatic heterocycles. The molecule has 7 nitrogen and oxygen atoms in total. The highest BCUT2D eigenvalue weighted by molar-refractivity contribution is 8.08. The molecule has 0 aliphatic rings. The summed E-state index contributed by atoms with van der Waals surface area (Å²) >= 11 is 0. The van der Waals surface area contributed by atoms with Gasteiger partial charge in [0.15, 0.2) is 0 Å². The fourth-order valence-corrected chi connectivity index (χ4v) is 4.36. The van der Waals surface area contributed by atoms with Gasteiger partial charge < -0.3 is 15.0 Å². The Morgan fingerprint density at radius 2 is 1.53 bits per heavy atom. The Morgan fingerprint density at radius 3 is 2.12 bits per heavy atom. The van der Waals surface area contributed by atoms with Crippen molar-refractivity contribution >= 4 is 20.7 Å². The van der Waals surface area contributed by atoms with Crippen molar-refractivity contribution in [3.05, 3.63) is 59.6 Å². The fourth-order valence-electron chi connectivity index (χ4n) is 3.02. The van der Waals surface area contributed by atoms with Crippen LogP contribution in [0.3, 0.4) is 0 Å². The monoisotopic (exact) mass is 458 g/mol. The predicted octanol–water partition coefficient (Wildman–Crippen LogP) is 5.11. The van der Waals surface area contributed by atoms with Crippen LogP contribution >= 0.6 is 0 Å². The zero-order chi connectivity index (χ0) is 23.4. The smallest absolute Gasteiger partial charge is 0.457 e. The summed E-state index contributed by atoms with van der Waals surface area (Å²) in [4.78, 5) is 15.4. The maximum Gasteiger partial charge on any atom is 0.457 e. The normalized spacial score (nSPS) is 10.9. The number of Topliss-reactive ketones (excluding diaryl/α,β-unsaturated/α-hetero) is 1. The summed E-state index contributed by atoms with van der Waals surface area (Å²) in [6, 6.07) is 12.3. The van der Waals surface area contributed by atoms with Gasteiger partial charge in [0.25, 0.3) is 15.6 Å². The van der Waals surface area contributed by atoms with E-state index in [9.17, 15) is 18.7 Å². The number of rotatable bonds is 13. The molecule has 0 aliphatic heterocycles. The van der Waals surface area contributed by atoms with Crippen molar-refractivity contribution in [3.8, 4) is 11.5 Å². The van der Waals surface area contributed by atoms with Crippen molar-refractivity contribution < 1.29 is 27.5 Å². The molecule has 0 spiro atoms. The first kappa shape index (κ1) is 25.3. The van der Waals surface area contributed by atoms with Crippen molar-refractivity contribution in [2.45, 2.75) is 57.3 Å². The lowest BCUT2D eigenvalue weighted by Gasteiger charge is -2.13. The Hall–Kier alpha value is -2.96. The van der Waals surface area contributed by atoms with Crippen molar-refractivity contribution in [2.75, 3.05) is 13.2 Å². The van der Waals surface area contributed by atoms with Crippen molar-refractivity contribution in [1.82, 2.24) is 0 Å². The van der Waals surface area contributed by atoms with E-state index in [0.29, 0.717) is 19.0 Å². The third kappa shape index (κ3) is 6.77. The number of carbonyl (C=O) groups excluding carboxylic acids is 1. The van der Waals surface area contributed by atoms with E-state index in [-0.39, 0.29) is 16.2 Å². The molecular weight excluding hydrogens is 428 g/mol. The quantitative estimate of drug-likeness (QED) is 0.104. The molecule has 0 atom stereocenters. The van der Waals surface area contributed by atoms with Crippen LogP contribution in [0.25, 0.3) is 5.53 Å². The maximum absolute atomic E-state index is 13.4. The van der Waals surface area contributed by atoms with E-state index in [4.69, 9.17) is 9.47 Å². The van der Waals surface area contributed by atoms with Crippen LogP contribution in [0.1, 0.15) is 62.7 Å². The Bertz CT molecular complexity index is 1050. The molecule has 0 fully saturated rings. The Morgan fingerprint density at radius 1 is 0.906 bits per heavy atom. The molecule has 0 N–H and O–H groups in total. The van der Waals surface area contributed by atoms with Gasteiger partial charge in [-0.3, -0.25) is 4.79 Å². The van der Waals surface area contributed by atoms with Gasteiger partial charge in [-0.05, 0) is 25.0 Å². The maximum atomic E-state index is 13.4. The van der Waals surface area contributed by atoms with Gasteiger partial charge in [-0.1, -0.05) is 69.9 Å². The molecule has 0 saturated heterocycles. The van der Waals surface area contributed by atoms with Gasteiger partial charge in [0, 0.05) is 11.6 Å². The van der Waals surface area contributed by atoms with Gasteiger partial charge in [0.1, 0.15) is 16.4 Å². The third-order valence-electron chi connectivity index (χ3n) is 4.80. The van der Waals surface area contributed by atoms with Crippen LogP contribution in [-0.2, 0) is 9.84 Å². The average molecular weight is 459 g/mol. The largest absolute Gasteiger partial charge is 0.494 e. The van der Waals surface area contributed by atoms with Crippen LogP contribution in [0.5, 0.6) is 11.5 Å². The number of carbonyl (C=O) groups is 1. The van der Waals surface area contributed by atoms with Gasteiger partial charge >= 0.3 is 5.04 Å². The summed E-state index contributed by atoms with van der Waals surface area (Å²) in [6.07, 6.45) is 5.56. The van der Waals surface area contributed by atoms with Crippen molar-refractivity contribution in [2.24, 2.45) is 0 Å². The number of nitrogens with zero attached hydrogens (tertiary/aromatic N) is 2. The lowest BCUT2D eigenvalue weighted by molar-refractivity contribution is -0.00159. The van der Waals surface area contributed by atoms with Gasteiger partial charge in [0.05, 0.1) is 13.2 Å². The standard InChI is InChI=1S/C24H30N2O5S/c1-3-5-10-16-30-20-14-15-21(31-17-11-6-4-2)22(18-20)32(28,29)24(26-25)23(27)19-12-8-7-9-13-19/h7-9,12-15,18H,3-6,10-11,16-17H2,1-2H3. The number of ketones is 1. The molecular formula is C24H30N2O5S. The molecule has 0 radical (unpaired) electrons. The van der Waals surface area contributed by atoms with Crippen molar-refractivity contribution in [3.63, 3.8) is 0 Å². The highest BCUT2D eigenvalue weighted by Crippen LogP contribution is 2.31. The molecule has 2 aromatic rings. The van der Waals surface area contributed by atoms with Crippen LogP contribution < -0.4 is 9.47 Å². The molecule has 0 amide bonds. The second kappa shape index (κ2) is 12.8. The minimum absolute atomic E-state index is 0.0871. The minimum Gasteiger partial charge on any atom is -0.494 e. The molecule has 0 aliphatic carbocycles. The fraction of sp³-hybridized carbons (Fsp3) is 0.417. The summed E-state index contributed by atoms with van der Waals surface area (Å²) in [7, 11) is -4.48. The summed E-state index contributed by atoms with van der Waals surface area (Å²) in [5.41, 5.74) is 9.58. The summed E-state index contributed by atoms with van der Waals surface area (Å²) < 4.78 is 38.2. The number of sulfone groups is 1. The second-order valence-electron chi connectivity index (χ2n) is 7.32. The molecule has 0 bridgehead atoms. The summed E-state index contributed by atoms with van der Waals surface area (Å²) in [6.45, 7) is 4.90. The first-order valence-electron chi connectivity index (χ1n) is 10.9. The molecule has 2 aromatic carbocycles. The average Bonchev–Trinajstić information content (AvgIpc) is 2.81. The lowest BCUT2D eigenvalue weighted by Crippen LogP contribution is -2.26. The number of unbranched alkanes of at least 4 members (excludes halogenated alkanes) is 4. The van der Waals surface area contributed by atoms with Crippen LogP contribution in [-0.4, -0.2) is 37.2 Å².